The van der Waals surface area contributed by atoms with Crippen LogP contribution in [0.4, 0.5) is 0 Å². The zero-order chi connectivity index (χ0) is 18.1. The van der Waals surface area contributed by atoms with Crippen molar-refractivity contribution in [2.24, 2.45) is 12.8 Å². The monoisotopic (exact) mass is 351 g/mol. The van der Waals surface area contributed by atoms with Gasteiger partial charge in [-0.3, -0.25) is 4.79 Å². The molecule has 8 nitrogen and oxygen atoms in total. The summed E-state index contributed by atoms with van der Waals surface area (Å²) in [6.45, 7) is 1.61. The molecule has 3 aromatic rings. The summed E-state index contributed by atoms with van der Waals surface area (Å²) < 4.78 is 3.63. The highest BCUT2D eigenvalue weighted by Gasteiger charge is 2.37. The van der Waals surface area contributed by atoms with Crippen molar-refractivity contribution in [3.8, 4) is 0 Å². The van der Waals surface area contributed by atoms with Gasteiger partial charge in [-0.15, -0.1) is 5.10 Å². The number of likely N-dealkylation sites (tertiary alicyclic amines) is 1. The molecule has 134 valence electrons. The van der Waals surface area contributed by atoms with Crippen LogP contribution in [0.3, 0.4) is 0 Å². The molecule has 26 heavy (non-hydrogen) atoms. The molecule has 1 amide bonds. The fourth-order valence-electron chi connectivity index (χ4n) is 3.41. The Balaban J connectivity index is 1.46. The third kappa shape index (κ3) is 3.11. The first kappa shape index (κ1) is 16.5. The van der Waals surface area contributed by atoms with Gasteiger partial charge in [-0.2, -0.15) is 0 Å². The summed E-state index contributed by atoms with van der Waals surface area (Å²) in [6.07, 6.45) is 5.33. The number of amides is 1. The van der Waals surface area contributed by atoms with Gasteiger partial charge >= 0.3 is 0 Å². The number of nitrogens with two attached hydrogens (primary N) is 1. The largest absolute Gasteiger partial charge is 0.338 e. The fourth-order valence-corrected chi connectivity index (χ4v) is 3.41. The fraction of sp³-hybridized carbons (Fsp3) is 0.333. The van der Waals surface area contributed by atoms with E-state index in [1.165, 1.54) is 0 Å². The van der Waals surface area contributed by atoms with Crippen molar-refractivity contribution < 1.29 is 4.79 Å². The molecule has 2 atom stereocenters. The van der Waals surface area contributed by atoms with Crippen molar-refractivity contribution in [2.45, 2.75) is 18.5 Å². The van der Waals surface area contributed by atoms with Gasteiger partial charge in [-0.25, -0.2) is 9.67 Å². The molecule has 1 fully saturated rings. The van der Waals surface area contributed by atoms with Gasteiger partial charge in [0.2, 0.25) is 0 Å². The Bertz CT molecular complexity index is 901. The second-order valence-corrected chi connectivity index (χ2v) is 6.66. The number of hydrogen-bond donors (Lipinski definition) is 1. The highest BCUT2D eigenvalue weighted by Crippen LogP contribution is 2.25. The van der Waals surface area contributed by atoms with Crippen LogP contribution in [-0.2, 0) is 13.6 Å². The average Bonchev–Trinajstić information content (AvgIpc) is 3.35. The lowest BCUT2D eigenvalue weighted by Crippen LogP contribution is -2.32. The second-order valence-electron chi connectivity index (χ2n) is 6.66. The van der Waals surface area contributed by atoms with Crippen LogP contribution in [0.15, 0.2) is 48.9 Å². The van der Waals surface area contributed by atoms with E-state index in [0.717, 1.165) is 11.4 Å². The van der Waals surface area contributed by atoms with Crippen LogP contribution in [0, 0.1) is 0 Å². The Morgan fingerprint density at radius 3 is 2.81 bits per heavy atom. The SMILES string of the molecule is Cn1ccnc1[C@@H]1CN(C(=O)c2cn(Cc3ccccc3)nn2)C[C@H]1N. The van der Waals surface area contributed by atoms with Crippen molar-refractivity contribution in [3.05, 3.63) is 66.0 Å². The predicted molar refractivity (Wildman–Crippen MR) is 95.4 cm³/mol. The van der Waals surface area contributed by atoms with Crippen molar-refractivity contribution in [1.82, 2.24) is 29.4 Å². The number of carbonyl (C=O) groups excluding carboxylic acids is 1. The molecule has 2 aromatic heterocycles. The van der Waals surface area contributed by atoms with Crippen molar-refractivity contribution in [1.29, 1.82) is 0 Å². The van der Waals surface area contributed by atoms with Gasteiger partial charge in [0.25, 0.3) is 5.91 Å². The number of aromatic nitrogens is 5. The van der Waals surface area contributed by atoms with Crippen molar-refractivity contribution >= 4 is 5.91 Å². The van der Waals surface area contributed by atoms with Gasteiger partial charge in [0.1, 0.15) is 5.82 Å². The number of hydrogen-bond acceptors (Lipinski definition) is 5. The summed E-state index contributed by atoms with van der Waals surface area (Å²) in [4.78, 5) is 18.9. The average molecular weight is 351 g/mol. The molecule has 0 radical (unpaired) electrons. The standard InChI is InChI=1S/C18H21N7O/c1-23-8-7-20-17(23)14-10-24(11-15(14)19)18(26)16-12-25(22-21-16)9-13-5-3-2-4-6-13/h2-8,12,14-15H,9-11,19H2,1H3/t14-,15-/m1/s1. The third-order valence-corrected chi connectivity index (χ3v) is 4.79. The zero-order valence-electron chi connectivity index (χ0n) is 14.6. The highest BCUT2D eigenvalue weighted by molar-refractivity contribution is 5.92. The van der Waals surface area contributed by atoms with Gasteiger partial charge < -0.3 is 15.2 Å². The Hall–Kier alpha value is -3.00. The lowest BCUT2D eigenvalue weighted by molar-refractivity contribution is 0.0783. The maximum absolute atomic E-state index is 12.8. The maximum Gasteiger partial charge on any atom is 0.276 e. The number of rotatable bonds is 4. The van der Waals surface area contributed by atoms with Crippen LogP contribution in [0.25, 0.3) is 0 Å². The first-order valence-electron chi connectivity index (χ1n) is 8.58. The number of imidazole rings is 1. The molecule has 2 N–H and O–H groups in total. The van der Waals surface area contributed by atoms with E-state index in [0.29, 0.717) is 25.3 Å². The molecular formula is C18H21N7O. The summed E-state index contributed by atoms with van der Waals surface area (Å²) in [5.74, 6) is 0.787. The van der Waals surface area contributed by atoms with Gasteiger partial charge in [-0.1, -0.05) is 35.5 Å². The molecule has 0 aliphatic carbocycles. The lowest BCUT2D eigenvalue weighted by atomic mass is 10.0. The van der Waals surface area contributed by atoms with Crippen LogP contribution < -0.4 is 5.73 Å². The lowest BCUT2D eigenvalue weighted by Gasteiger charge is -2.14. The van der Waals surface area contributed by atoms with E-state index in [2.05, 4.69) is 15.3 Å². The van der Waals surface area contributed by atoms with E-state index in [-0.39, 0.29) is 17.9 Å². The molecule has 1 aliphatic rings. The van der Waals surface area contributed by atoms with Gasteiger partial charge in [0.05, 0.1) is 18.7 Å². The molecule has 0 unspecified atom stereocenters. The molecule has 1 aromatic carbocycles. The van der Waals surface area contributed by atoms with Crippen molar-refractivity contribution in [3.63, 3.8) is 0 Å². The molecule has 0 bridgehead atoms. The van der Waals surface area contributed by atoms with E-state index in [9.17, 15) is 4.79 Å². The number of benzene rings is 1. The topological polar surface area (TPSA) is 94.9 Å². The number of carbonyl (C=O) groups is 1. The van der Waals surface area contributed by atoms with Crippen molar-refractivity contribution in [2.75, 3.05) is 13.1 Å². The van der Waals surface area contributed by atoms with Gasteiger partial charge in [0.15, 0.2) is 5.69 Å². The molecule has 0 saturated carbocycles. The van der Waals surface area contributed by atoms with Crippen LogP contribution in [0.1, 0.15) is 27.8 Å². The van der Waals surface area contributed by atoms with Crippen LogP contribution >= 0.6 is 0 Å². The minimum absolute atomic E-state index is 0.0262. The molecule has 4 rings (SSSR count). The summed E-state index contributed by atoms with van der Waals surface area (Å²) >= 11 is 0. The Morgan fingerprint density at radius 2 is 2.08 bits per heavy atom. The first-order valence-corrected chi connectivity index (χ1v) is 8.58. The molecule has 0 spiro atoms. The van der Waals surface area contributed by atoms with Gasteiger partial charge in [0, 0.05) is 38.6 Å². The maximum atomic E-state index is 12.8. The quantitative estimate of drug-likeness (QED) is 0.744. The summed E-state index contributed by atoms with van der Waals surface area (Å²) in [5.41, 5.74) is 7.71. The van der Waals surface area contributed by atoms with E-state index in [4.69, 9.17) is 5.73 Å². The molecule has 1 saturated heterocycles. The van der Waals surface area contributed by atoms with Gasteiger partial charge in [-0.05, 0) is 5.56 Å². The Morgan fingerprint density at radius 1 is 1.27 bits per heavy atom. The number of nitrogens with zero attached hydrogens (tertiary/aromatic N) is 6. The van der Waals surface area contributed by atoms with Crippen LogP contribution in [-0.4, -0.2) is 54.5 Å². The Labute approximate surface area is 151 Å². The minimum atomic E-state index is -0.142. The number of aryl methyl sites for hydroxylation is 1. The van der Waals surface area contributed by atoms with E-state index < -0.39 is 0 Å². The molecular weight excluding hydrogens is 330 g/mol. The summed E-state index contributed by atoms with van der Waals surface area (Å²) in [7, 11) is 1.94. The van der Waals surface area contributed by atoms with Crippen LogP contribution in [0.2, 0.25) is 0 Å². The van der Waals surface area contributed by atoms with Crippen LogP contribution in [0.5, 0.6) is 0 Å². The molecule has 8 heteroatoms. The smallest absolute Gasteiger partial charge is 0.276 e. The van der Waals surface area contributed by atoms with E-state index >= 15 is 0 Å². The predicted octanol–water partition coefficient (Wildman–Crippen LogP) is 0.627. The zero-order valence-corrected chi connectivity index (χ0v) is 14.6. The Kier molecular flexibility index (Phi) is 4.26. The molecule has 1 aliphatic heterocycles. The minimum Gasteiger partial charge on any atom is -0.338 e. The normalized spacial score (nSPS) is 19.8. The van der Waals surface area contributed by atoms with E-state index in [1.807, 2.05) is 48.1 Å². The first-order chi connectivity index (χ1) is 12.6. The highest BCUT2D eigenvalue weighted by atomic mass is 16.2. The molecule has 3 heterocycles. The summed E-state index contributed by atoms with van der Waals surface area (Å²) in [5, 5.41) is 8.12. The second kappa shape index (κ2) is 6.72. The third-order valence-electron chi connectivity index (χ3n) is 4.79. The van der Waals surface area contributed by atoms with E-state index in [1.54, 1.807) is 22.0 Å². The summed E-state index contributed by atoms with van der Waals surface area (Å²) in [6, 6.07) is 9.80.